The summed E-state index contributed by atoms with van der Waals surface area (Å²) in [5, 5.41) is 9.06. The van der Waals surface area contributed by atoms with E-state index in [0.717, 1.165) is 51.6 Å². The van der Waals surface area contributed by atoms with Gasteiger partial charge in [0.25, 0.3) is 0 Å². The molecule has 1 aliphatic heterocycles. The van der Waals surface area contributed by atoms with Crippen LogP contribution in [0.15, 0.2) is 0 Å². The van der Waals surface area contributed by atoms with Crippen LogP contribution in [-0.4, -0.2) is 65.8 Å². The predicted octanol–water partition coefficient (Wildman–Crippen LogP) is 1.94. The molecule has 0 aromatic carbocycles. The highest BCUT2D eigenvalue weighted by Gasteiger charge is 2.31. The van der Waals surface area contributed by atoms with Crippen molar-refractivity contribution in [2.75, 3.05) is 26.7 Å². The molecular weight excluding hydrogens is 272 g/mol. The maximum atomic E-state index is 12.6. The van der Waals surface area contributed by atoms with Crippen LogP contribution in [0.3, 0.4) is 0 Å². The van der Waals surface area contributed by atoms with Crippen LogP contribution in [0, 0.1) is 0 Å². The smallest absolute Gasteiger partial charge is 0.323 e. The molecule has 120 valence electrons. The molecule has 2 fully saturated rings. The molecule has 1 aliphatic carbocycles. The van der Waals surface area contributed by atoms with Gasteiger partial charge in [-0.2, -0.15) is 0 Å². The van der Waals surface area contributed by atoms with Crippen LogP contribution in [0.2, 0.25) is 0 Å². The molecule has 1 saturated heterocycles. The minimum Gasteiger partial charge on any atom is -0.480 e. The fraction of sp³-hybridized carbons (Fsp3) is 0.867. The van der Waals surface area contributed by atoms with E-state index in [4.69, 9.17) is 9.84 Å². The first kappa shape index (κ1) is 16.1. The first-order valence-corrected chi connectivity index (χ1v) is 7.93. The van der Waals surface area contributed by atoms with Gasteiger partial charge in [-0.05, 0) is 32.1 Å². The van der Waals surface area contributed by atoms with E-state index >= 15 is 0 Å². The fourth-order valence-corrected chi connectivity index (χ4v) is 3.27. The zero-order valence-electron chi connectivity index (χ0n) is 12.8. The Balaban J connectivity index is 1.93. The average molecular weight is 298 g/mol. The van der Waals surface area contributed by atoms with Crippen LogP contribution in [-0.2, 0) is 9.53 Å². The zero-order chi connectivity index (χ0) is 15.2. The van der Waals surface area contributed by atoms with E-state index in [1.165, 1.54) is 4.90 Å². The van der Waals surface area contributed by atoms with Crippen LogP contribution < -0.4 is 0 Å². The van der Waals surface area contributed by atoms with Crippen LogP contribution in [0.1, 0.15) is 44.9 Å². The van der Waals surface area contributed by atoms with Crippen molar-refractivity contribution in [1.29, 1.82) is 0 Å². The van der Waals surface area contributed by atoms with E-state index < -0.39 is 5.97 Å². The molecule has 1 unspecified atom stereocenters. The number of carbonyl (C=O) groups is 2. The van der Waals surface area contributed by atoms with Gasteiger partial charge in [0, 0.05) is 26.2 Å². The molecule has 21 heavy (non-hydrogen) atoms. The summed E-state index contributed by atoms with van der Waals surface area (Å²) >= 11 is 0. The Morgan fingerprint density at radius 2 is 1.81 bits per heavy atom. The lowest BCUT2D eigenvalue weighted by atomic mass is 10.1. The Hall–Kier alpha value is -1.30. The number of urea groups is 1. The number of carboxylic acid groups (broad SMARTS) is 1. The molecule has 1 atom stereocenters. The van der Waals surface area contributed by atoms with Gasteiger partial charge in [0.15, 0.2) is 0 Å². The topological polar surface area (TPSA) is 70.1 Å². The zero-order valence-corrected chi connectivity index (χ0v) is 12.8. The second-order valence-corrected chi connectivity index (χ2v) is 6.11. The van der Waals surface area contributed by atoms with E-state index in [9.17, 15) is 9.59 Å². The molecule has 1 N–H and O–H groups in total. The molecule has 2 aliphatic rings. The summed E-state index contributed by atoms with van der Waals surface area (Å²) in [5.41, 5.74) is 0. The predicted molar refractivity (Wildman–Crippen MR) is 78.2 cm³/mol. The number of hydrogen-bond donors (Lipinski definition) is 1. The second kappa shape index (κ2) is 7.64. The third-order valence-corrected chi connectivity index (χ3v) is 4.39. The lowest BCUT2D eigenvalue weighted by Crippen LogP contribution is -2.50. The fourth-order valence-electron chi connectivity index (χ4n) is 3.27. The monoisotopic (exact) mass is 298 g/mol. The highest BCUT2D eigenvalue weighted by atomic mass is 16.5. The number of likely N-dealkylation sites (N-methyl/N-ethyl adjacent to an activating group) is 1. The molecule has 0 aromatic heterocycles. The molecule has 0 radical (unpaired) electrons. The van der Waals surface area contributed by atoms with Crippen molar-refractivity contribution in [3.63, 3.8) is 0 Å². The molecule has 0 bridgehead atoms. The molecule has 1 heterocycles. The lowest BCUT2D eigenvalue weighted by Gasteiger charge is -2.34. The van der Waals surface area contributed by atoms with Crippen molar-refractivity contribution >= 4 is 12.0 Å². The molecular formula is C15H26N2O4. The van der Waals surface area contributed by atoms with E-state index in [1.54, 1.807) is 11.9 Å². The van der Waals surface area contributed by atoms with E-state index in [0.29, 0.717) is 6.54 Å². The Morgan fingerprint density at radius 3 is 2.38 bits per heavy atom. The third-order valence-electron chi connectivity index (χ3n) is 4.39. The number of amides is 2. The number of nitrogens with zero attached hydrogens (tertiary/aromatic N) is 2. The number of ether oxygens (including phenoxy) is 1. The number of carbonyl (C=O) groups excluding carboxylic acids is 1. The van der Waals surface area contributed by atoms with Crippen LogP contribution in [0.5, 0.6) is 0 Å². The Labute approximate surface area is 126 Å². The molecule has 2 amide bonds. The Morgan fingerprint density at radius 1 is 1.14 bits per heavy atom. The Kier molecular flexibility index (Phi) is 5.85. The normalized spacial score (nSPS) is 23.0. The maximum Gasteiger partial charge on any atom is 0.323 e. The summed E-state index contributed by atoms with van der Waals surface area (Å²) in [6, 6.07) is -0.109. The Bertz CT molecular complexity index is 363. The largest absolute Gasteiger partial charge is 0.480 e. The molecule has 0 spiro atoms. The summed E-state index contributed by atoms with van der Waals surface area (Å²) in [6.45, 7) is 1.09. The minimum absolute atomic E-state index is 0.0725. The van der Waals surface area contributed by atoms with Gasteiger partial charge >= 0.3 is 12.0 Å². The molecule has 6 nitrogen and oxygen atoms in total. The van der Waals surface area contributed by atoms with Crippen molar-refractivity contribution < 1.29 is 19.4 Å². The van der Waals surface area contributed by atoms with E-state index in [1.807, 2.05) is 0 Å². The molecule has 2 rings (SSSR count). The summed E-state index contributed by atoms with van der Waals surface area (Å²) in [5.74, 6) is -0.947. The quantitative estimate of drug-likeness (QED) is 0.842. The van der Waals surface area contributed by atoms with Gasteiger partial charge in [0.2, 0.25) is 0 Å². The first-order valence-electron chi connectivity index (χ1n) is 7.93. The molecule has 6 heteroatoms. The number of aliphatic carboxylic acids is 1. The summed E-state index contributed by atoms with van der Waals surface area (Å²) in [7, 11) is 1.74. The third kappa shape index (κ3) is 4.59. The maximum absolute atomic E-state index is 12.6. The van der Waals surface area contributed by atoms with Crippen molar-refractivity contribution in [3.05, 3.63) is 0 Å². The van der Waals surface area contributed by atoms with Crippen molar-refractivity contribution in [3.8, 4) is 0 Å². The second-order valence-electron chi connectivity index (χ2n) is 6.11. The highest BCUT2D eigenvalue weighted by molar-refractivity contribution is 5.80. The van der Waals surface area contributed by atoms with Crippen molar-refractivity contribution in [2.45, 2.75) is 57.1 Å². The van der Waals surface area contributed by atoms with Gasteiger partial charge in [-0.15, -0.1) is 0 Å². The van der Waals surface area contributed by atoms with Gasteiger partial charge in [-0.3, -0.25) is 4.79 Å². The standard InChI is InChI=1S/C15H26N2O4/c1-16(10-13-8-4-5-9-21-13)15(20)17(11-14(18)19)12-6-2-3-7-12/h12-13H,2-11H2,1H3,(H,18,19). The van der Waals surface area contributed by atoms with Gasteiger partial charge in [-0.25, -0.2) is 4.79 Å². The summed E-state index contributed by atoms with van der Waals surface area (Å²) < 4.78 is 5.66. The SMILES string of the molecule is CN(CC1CCCCO1)C(=O)N(CC(=O)O)C1CCCC1. The summed E-state index contributed by atoms with van der Waals surface area (Å²) in [6.07, 6.45) is 7.24. The average Bonchev–Trinajstić information content (AvgIpc) is 2.99. The highest BCUT2D eigenvalue weighted by Crippen LogP contribution is 2.24. The molecule has 1 saturated carbocycles. The van der Waals surface area contributed by atoms with Crippen LogP contribution in [0.4, 0.5) is 4.79 Å². The van der Waals surface area contributed by atoms with Gasteiger partial charge in [0.05, 0.1) is 6.10 Å². The number of rotatable bonds is 5. The van der Waals surface area contributed by atoms with E-state index in [2.05, 4.69) is 0 Å². The first-order chi connectivity index (χ1) is 10.1. The summed E-state index contributed by atoms with van der Waals surface area (Å²) in [4.78, 5) is 26.8. The van der Waals surface area contributed by atoms with E-state index in [-0.39, 0.29) is 24.7 Å². The lowest BCUT2D eigenvalue weighted by molar-refractivity contribution is -0.138. The van der Waals surface area contributed by atoms with Gasteiger partial charge in [0.1, 0.15) is 6.54 Å². The molecule has 0 aromatic rings. The number of hydrogen-bond acceptors (Lipinski definition) is 3. The van der Waals surface area contributed by atoms with Gasteiger partial charge in [-0.1, -0.05) is 12.8 Å². The van der Waals surface area contributed by atoms with Crippen LogP contribution in [0.25, 0.3) is 0 Å². The minimum atomic E-state index is -0.947. The van der Waals surface area contributed by atoms with Crippen molar-refractivity contribution in [2.24, 2.45) is 0 Å². The van der Waals surface area contributed by atoms with Crippen molar-refractivity contribution in [1.82, 2.24) is 9.80 Å². The number of carboxylic acids is 1. The van der Waals surface area contributed by atoms with Crippen LogP contribution >= 0.6 is 0 Å². The van der Waals surface area contributed by atoms with Gasteiger partial charge < -0.3 is 19.6 Å².